The molecule has 2 heterocycles. The average Bonchev–Trinajstić information content (AvgIpc) is 3.21. The van der Waals surface area contributed by atoms with Crippen LogP contribution in [0.3, 0.4) is 0 Å². The number of thioether (sulfide) groups is 1. The van der Waals surface area contributed by atoms with Crippen molar-refractivity contribution in [3.8, 4) is 0 Å². The predicted molar refractivity (Wildman–Crippen MR) is 110 cm³/mol. The normalized spacial score (nSPS) is 20.3. The van der Waals surface area contributed by atoms with E-state index < -0.39 is 23.9 Å². The molecule has 2 aliphatic rings. The predicted octanol–water partition coefficient (Wildman–Crippen LogP) is 2.99. The highest BCUT2D eigenvalue weighted by Gasteiger charge is 2.55. The van der Waals surface area contributed by atoms with Gasteiger partial charge in [-0.2, -0.15) is 5.11 Å². The van der Waals surface area contributed by atoms with E-state index in [1.807, 2.05) is 24.5 Å². The third kappa shape index (κ3) is 3.70. The van der Waals surface area contributed by atoms with Crippen LogP contribution in [0.5, 0.6) is 0 Å². The van der Waals surface area contributed by atoms with Crippen LogP contribution < -0.4 is 10.2 Å². The Morgan fingerprint density at radius 1 is 1.17 bits per heavy atom. The van der Waals surface area contributed by atoms with Gasteiger partial charge in [0.25, 0.3) is 11.8 Å². The summed E-state index contributed by atoms with van der Waals surface area (Å²) in [6.07, 6.45) is 1.94. The zero-order valence-corrected chi connectivity index (χ0v) is 16.9. The lowest BCUT2D eigenvalue weighted by Crippen LogP contribution is -2.43. The number of rotatable bonds is 5. The molecular weight excluding hydrogens is 414 g/mol. The van der Waals surface area contributed by atoms with Crippen molar-refractivity contribution in [3.05, 3.63) is 53.6 Å². The van der Waals surface area contributed by atoms with Crippen molar-refractivity contribution in [2.24, 2.45) is 10.3 Å². The smallest absolute Gasteiger partial charge is 0.263 e. The van der Waals surface area contributed by atoms with Crippen LogP contribution in [0.4, 0.5) is 11.4 Å². The number of amides is 3. The van der Waals surface area contributed by atoms with Crippen molar-refractivity contribution in [1.82, 2.24) is 5.01 Å². The molecule has 0 bridgehead atoms. The molecule has 148 valence electrons. The third-order valence-corrected chi connectivity index (χ3v) is 5.54. The molecule has 10 heteroatoms. The van der Waals surface area contributed by atoms with Gasteiger partial charge < -0.3 is 5.32 Å². The Hall–Kier alpha value is -2.91. The zero-order valence-electron chi connectivity index (χ0n) is 15.3. The fourth-order valence-corrected chi connectivity index (χ4v) is 3.92. The van der Waals surface area contributed by atoms with Crippen molar-refractivity contribution in [2.45, 2.75) is 17.0 Å². The molecule has 2 aliphatic heterocycles. The first-order chi connectivity index (χ1) is 14.0. The molecule has 4 rings (SSSR count). The van der Waals surface area contributed by atoms with E-state index in [1.54, 1.807) is 36.0 Å². The first-order valence-corrected chi connectivity index (χ1v) is 10.3. The molecule has 0 radical (unpaired) electrons. The molecule has 0 aliphatic carbocycles. The maximum atomic E-state index is 12.9. The second kappa shape index (κ2) is 7.84. The van der Waals surface area contributed by atoms with Crippen LogP contribution in [0.25, 0.3) is 0 Å². The second-order valence-electron chi connectivity index (χ2n) is 6.46. The molecule has 0 saturated carbocycles. The minimum atomic E-state index is -0.964. The summed E-state index contributed by atoms with van der Waals surface area (Å²) in [6, 6.07) is 12.0. The lowest BCUT2D eigenvalue weighted by Gasteiger charge is -2.20. The SMILES string of the molecule is CSc1cccc(NC(=O)CN2N=N[C@@H]3C(=O)N(c4cccc(Cl)c4)C(=O)[C@@H]32)c1. The summed E-state index contributed by atoms with van der Waals surface area (Å²) in [5.41, 5.74) is 1.01. The Bertz CT molecular complexity index is 1030. The molecule has 1 N–H and O–H groups in total. The Kier molecular flexibility index (Phi) is 5.25. The van der Waals surface area contributed by atoms with Crippen LogP contribution >= 0.6 is 23.4 Å². The summed E-state index contributed by atoms with van der Waals surface area (Å²) in [5.74, 6) is -1.32. The number of nitrogens with zero attached hydrogens (tertiary/aromatic N) is 4. The highest BCUT2D eigenvalue weighted by atomic mass is 35.5. The van der Waals surface area contributed by atoms with E-state index in [4.69, 9.17) is 11.6 Å². The van der Waals surface area contributed by atoms with Crippen LogP contribution in [0.1, 0.15) is 0 Å². The molecule has 0 spiro atoms. The maximum absolute atomic E-state index is 12.9. The molecule has 8 nitrogen and oxygen atoms in total. The number of carbonyl (C=O) groups excluding carboxylic acids is 3. The number of imide groups is 1. The first-order valence-electron chi connectivity index (χ1n) is 8.72. The van der Waals surface area contributed by atoms with Gasteiger partial charge in [0, 0.05) is 15.6 Å². The summed E-state index contributed by atoms with van der Waals surface area (Å²) in [4.78, 5) is 40.1. The van der Waals surface area contributed by atoms with Gasteiger partial charge in [-0.3, -0.25) is 19.4 Å². The quantitative estimate of drug-likeness (QED) is 0.582. The molecule has 1 fully saturated rings. The number of hydrogen-bond donors (Lipinski definition) is 1. The Morgan fingerprint density at radius 3 is 2.72 bits per heavy atom. The maximum Gasteiger partial charge on any atom is 0.263 e. The van der Waals surface area contributed by atoms with Crippen LogP contribution in [-0.2, 0) is 14.4 Å². The lowest BCUT2D eigenvalue weighted by atomic mass is 10.1. The van der Waals surface area contributed by atoms with Crippen LogP contribution in [0, 0.1) is 0 Å². The van der Waals surface area contributed by atoms with Crippen LogP contribution in [-0.4, -0.2) is 47.6 Å². The number of benzene rings is 2. The molecule has 2 atom stereocenters. The van der Waals surface area contributed by atoms with Crippen molar-refractivity contribution in [2.75, 3.05) is 23.0 Å². The van der Waals surface area contributed by atoms with Crippen molar-refractivity contribution < 1.29 is 14.4 Å². The summed E-state index contributed by atoms with van der Waals surface area (Å²) >= 11 is 7.54. The third-order valence-electron chi connectivity index (χ3n) is 4.58. The van der Waals surface area contributed by atoms with Crippen LogP contribution in [0.15, 0.2) is 63.8 Å². The van der Waals surface area contributed by atoms with E-state index in [-0.39, 0.29) is 12.5 Å². The van der Waals surface area contributed by atoms with E-state index in [0.717, 1.165) is 9.80 Å². The summed E-state index contributed by atoms with van der Waals surface area (Å²) in [6.45, 7) is -0.198. The van der Waals surface area contributed by atoms with Gasteiger partial charge in [-0.05, 0) is 42.7 Å². The summed E-state index contributed by atoms with van der Waals surface area (Å²) < 4.78 is 0. The summed E-state index contributed by atoms with van der Waals surface area (Å²) in [5, 5.41) is 12.2. The Balaban J connectivity index is 1.48. The number of fused-ring (bicyclic) bond motifs is 1. The molecule has 0 aromatic heterocycles. The molecular formula is C19H16ClN5O3S. The molecule has 29 heavy (non-hydrogen) atoms. The lowest BCUT2D eigenvalue weighted by molar-refractivity contribution is -0.123. The van der Waals surface area contributed by atoms with Crippen molar-refractivity contribution in [1.29, 1.82) is 0 Å². The number of nitrogens with one attached hydrogen (secondary N) is 1. The van der Waals surface area contributed by atoms with Gasteiger partial charge >= 0.3 is 0 Å². The van der Waals surface area contributed by atoms with E-state index >= 15 is 0 Å². The molecule has 2 aromatic carbocycles. The standard InChI is InChI=1S/C19H16ClN5O3S/c1-29-14-7-3-5-12(9-14)21-15(26)10-24-17-16(22-23-24)18(27)25(19(17)28)13-6-2-4-11(20)8-13/h2-9,16-17H,10H2,1H3,(H,21,26)/t16-,17+/m0/s1. The largest absolute Gasteiger partial charge is 0.324 e. The molecule has 1 saturated heterocycles. The molecule has 3 amide bonds. The van der Waals surface area contributed by atoms with Gasteiger partial charge in [-0.25, -0.2) is 4.90 Å². The van der Waals surface area contributed by atoms with Gasteiger partial charge in [0.2, 0.25) is 5.91 Å². The van der Waals surface area contributed by atoms with E-state index in [1.165, 1.54) is 11.1 Å². The highest BCUT2D eigenvalue weighted by molar-refractivity contribution is 7.98. The topological polar surface area (TPSA) is 94.4 Å². The minimum Gasteiger partial charge on any atom is -0.324 e. The van der Waals surface area contributed by atoms with Crippen molar-refractivity contribution in [3.63, 3.8) is 0 Å². The van der Waals surface area contributed by atoms with Gasteiger partial charge in [-0.1, -0.05) is 29.0 Å². The van der Waals surface area contributed by atoms with Gasteiger partial charge in [-0.15, -0.1) is 11.8 Å². The van der Waals surface area contributed by atoms with E-state index in [0.29, 0.717) is 16.4 Å². The highest BCUT2D eigenvalue weighted by Crippen LogP contribution is 2.32. The summed E-state index contributed by atoms with van der Waals surface area (Å²) in [7, 11) is 0. The molecule has 2 aromatic rings. The van der Waals surface area contributed by atoms with Gasteiger partial charge in [0.15, 0.2) is 12.1 Å². The van der Waals surface area contributed by atoms with Crippen LogP contribution in [0.2, 0.25) is 5.02 Å². The van der Waals surface area contributed by atoms with E-state index in [2.05, 4.69) is 15.7 Å². The number of hydrogen-bond acceptors (Lipinski definition) is 7. The second-order valence-corrected chi connectivity index (χ2v) is 7.78. The fraction of sp³-hybridized carbons (Fsp3) is 0.211. The zero-order chi connectivity index (χ0) is 20.5. The number of carbonyl (C=O) groups is 3. The number of anilines is 2. The molecule has 0 unspecified atom stereocenters. The average molecular weight is 430 g/mol. The fourth-order valence-electron chi connectivity index (χ4n) is 3.27. The first kappa shape index (κ1) is 19.4. The Morgan fingerprint density at radius 2 is 1.97 bits per heavy atom. The van der Waals surface area contributed by atoms with Gasteiger partial charge in [0.05, 0.1) is 5.69 Å². The number of halogens is 1. The van der Waals surface area contributed by atoms with Gasteiger partial charge in [0.1, 0.15) is 6.54 Å². The van der Waals surface area contributed by atoms with E-state index in [9.17, 15) is 14.4 Å². The monoisotopic (exact) mass is 429 g/mol. The Labute approximate surface area is 175 Å². The minimum absolute atomic E-state index is 0.198. The van der Waals surface area contributed by atoms with Crippen molar-refractivity contribution >= 4 is 52.5 Å².